The Balaban J connectivity index is 2.42. The second-order valence-corrected chi connectivity index (χ2v) is 7.81. The van der Waals surface area contributed by atoms with Crippen molar-refractivity contribution in [3.63, 3.8) is 0 Å². The summed E-state index contributed by atoms with van der Waals surface area (Å²) in [5.74, 6) is 0.00550. The second kappa shape index (κ2) is 7.09. The van der Waals surface area contributed by atoms with Crippen molar-refractivity contribution in [1.29, 1.82) is 0 Å². The largest absolute Gasteiger partial charge is 0.394 e. The summed E-state index contributed by atoms with van der Waals surface area (Å²) in [6, 6.07) is -0.277. The summed E-state index contributed by atoms with van der Waals surface area (Å²) in [5.41, 5.74) is 3.72. The molecule has 24 heavy (non-hydrogen) atoms. The molecule has 5 nitrogen and oxygen atoms in total. The fourth-order valence-corrected chi connectivity index (χ4v) is 3.68. The summed E-state index contributed by atoms with van der Waals surface area (Å²) in [4.78, 5) is 25.0. The zero-order valence-corrected chi connectivity index (χ0v) is 15.5. The summed E-state index contributed by atoms with van der Waals surface area (Å²) in [5, 5.41) is 11.9. The van der Waals surface area contributed by atoms with Crippen LogP contribution in [0.4, 0.5) is 0 Å². The first-order chi connectivity index (χ1) is 11.2. The minimum atomic E-state index is -0.277. The molecule has 0 unspecified atom stereocenters. The highest BCUT2D eigenvalue weighted by atomic mass is 16.3. The molecular weight excluding hydrogens is 304 g/mol. The normalized spacial score (nSPS) is 17.5. The van der Waals surface area contributed by atoms with Gasteiger partial charge in [0, 0.05) is 36.0 Å². The summed E-state index contributed by atoms with van der Waals surface area (Å²) in [6.45, 7) is 10.9. The average Bonchev–Trinajstić information content (AvgIpc) is 2.71. The molecular formula is C19H30N2O3. The van der Waals surface area contributed by atoms with Crippen LogP contribution in [0.2, 0.25) is 0 Å². The molecule has 2 rings (SSSR count). The number of fused-ring (bicyclic) bond motifs is 1. The van der Waals surface area contributed by atoms with Crippen LogP contribution < -0.4 is 5.32 Å². The Kier molecular flexibility index (Phi) is 5.53. The lowest BCUT2D eigenvalue weighted by Gasteiger charge is -2.30. The molecule has 1 amide bonds. The number of amides is 1. The van der Waals surface area contributed by atoms with Gasteiger partial charge in [0.05, 0.1) is 13.0 Å². The minimum Gasteiger partial charge on any atom is -0.394 e. The van der Waals surface area contributed by atoms with Crippen molar-refractivity contribution in [2.24, 2.45) is 5.41 Å². The van der Waals surface area contributed by atoms with Gasteiger partial charge in [0.1, 0.15) is 0 Å². The van der Waals surface area contributed by atoms with Crippen LogP contribution in [0.3, 0.4) is 0 Å². The van der Waals surface area contributed by atoms with E-state index in [9.17, 15) is 9.59 Å². The van der Waals surface area contributed by atoms with Crippen LogP contribution in [0, 0.1) is 12.3 Å². The fourth-order valence-electron chi connectivity index (χ4n) is 3.68. The second-order valence-electron chi connectivity index (χ2n) is 7.81. The molecule has 0 fully saturated rings. The third-order valence-corrected chi connectivity index (χ3v) is 4.79. The number of nitrogens with zero attached hydrogens (tertiary/aromatic N) is 1. The summed E-state index contributed by atoms with van der Waals surface area (Å²) >= 11 is 0. The molecule has 134 valence electrons. The number of hydrogen-bond donors (Lipinski definition) is 2. The molecule has 1 atom stereocenters. The van der Waals surface area contributed by atoms with E-state index >= 15 is 0 Å². The van der Waals surface area contributed by atoms with Gasteiger partial charge in [-0.15, -0.1) is 0 Å². The monoisotopic (exact) mass is 334 g/mol. The maximum absolute atomic E-state index is 12.8. The van der Waals surface area contributed by atoms with Gasteiger partial charge in [-0.25, -0.2) is 0 Å². The number of carbonyl (C=O) groups is 2. The van der Waals surface area contributed by atoms with E-state index in [4.69, 9.17) is 5.11 Å². The molecule has 0 aromatic carbocycles. The molecule has 1 heterocycles. The maximum Gasteiger partial charge on any atom is 0.224 e. The first-order valence-corrected chi connectivity index (χ1v) is 8.84. The smallest absolute Gasteiger partial charge is 0.224 e. The lowest BCUT2D eigenvalue weighted by atomic mass is 9.75. The van der Waals surface area contributed by atoms with Crippen molar-refractivity contribution in [2.45, 2.75) is 72.9 Å². The molecule has 1 aliphatic carbocycles. The summed E-state index contributed by atoms with van der Waals surface area (Å²) in [6.07, 6.45) is 2.58. The van der Waals surface area contributed by atoms with Crippen molar-refractivity contribution < 1.29 is 14.7 Å². The highest BCUT2D eigenvalue weighted by Gasteiger charge is 2.36. The molecule has 0 radical (unpaired) electrons. The number of aromatic nitrogens is 1. The number of aliphatic hydroxyl groups excluding tert-OH is 1. The quantitative estimate of drug-likeness (QED) is 0.839. The van der Waals surface area contributed by atoms with Gasteiger partial charge in [0.25, 0.3) is 0 Å². The first-order valence-electron chi connectivity index (χ1n) is 8.84. The first kappa shape index (κ1) is 18.7. The highest BCUT2D eigenvalue weighted by molar-refractivity contribution is 6.01. The van der Waals surface area contributed by atoms with Crippen molar-refractivity contribution in [3.05, 3.63) is 22.5 Å². The molecule has 1 aromatic rings. The number of aliphatic hydroxyl groups is 1. The number of carbonyl (C=O) groups excluding carboxylic acids is 2. The van der Waals surface area contributed by atoms with E-state index in [-0.39, 0.29) is 36.2 Å². The van der Waals surface area contributed by atoms with Crippen molar-refractivity contribution in [1.82, 2.24) is 9.88 Å². The minimum absolute atomic E-state index is 0.0364. The van der Waals surface area contributed by atoms with Crippen molar-refractivity contribution in [2.75, 3.05) is 6.61 Å². The average molecular weight is 334 g/mol. The van der Waals surface area contributed by atoms with Crippen LogP contribution in [-0.4, -0.2) is 34.0 Å². The molecule has 0 aliphatic heterocycles. The third-order valence-electron chi connectivity index (χ3n) is 4.79. The molecule has 0 saturated carbocycles. The summed E-state index contributed by atoms with van der Waals surface area (Å²) in [7, 11) is 0. The number of ketones is 1. The lowest BCUT2D eigenvalue weighted by Crippen LogP contribution is -2.36. The number of nitrogens with one attached hydrogen (secondary N) is 1. The lowest BCUT2D eigenvalue weighted by molar-refractivity contribution is -0.121. The van der Waals surface area contributed by atoms with E-state index in [2.05, 4.69) is 30.7 Å². The van der Waals surface area contributed by atoms with Crippen LogP contribution in [0.5, 0.6) is 0 Å². The van der Waals surface area contributed by atoms with Crippen LogP contribution in [0.25, 0.3) is 0 Å². The molecule has 0 bridgehead atoms. The zero-order chi connectivity index (χ0) is 18.1. The van der Waals surface area contributed by atoms with E-state index in [1.165, 1.54) is 0 Å². The van der Waals surface area contributed by atoms with E-state index in [0.29, 0.717) is 6.42 Å². The topological polar surface area (TPSA) is 71.3 Å². The molecule has 0 spiro atoms. The molecule has 0 saturated heterocycles. The van der Waals surface area contributed by atoms with Crippen LogP contribution in [0.1, 0.15) is 67.8 Å². The standard InChI is InChI=1S/C19H30N2O3/c1-6-7-21-13(3)14(8-17(24)20-12(2)11-22)18-15(21)9-19(4,5)10-16(18)23/h12,22H,6-11H2,1-5H3,(H,20,24)/t12-/m1/s1. The van der Waals surface area contributed by atoms with E-state index in [1.54, 1.807) is 6.92 Å². The molecule has 1 aliphatic rings. The highest BCUT2D eigenvalue weighted by Crippen LogP contribution is 2.38. The fraction of sp³-hybridized carbons (Fsp3) is 0.684. The molecule has 5 heteroatoms. The van der Waals surface area contributed by atoms with Gasteiger partial charge in [0.15, 0.2) is 5.78 Å². The van der Waals surface area contributed by atoms with Crippen LogP contribution >= 0.6 is 0 Å². The van der Waals surface area contributed by atoms with E-state index < -0.39 is 0 Å². The number of rotatable bonds is 6. The van der Waals surface area contributed by atoms with Gasteiger partial charge < -0.3 is 15.0 Å². The molecule has 2 N–H and O–H groups in total. The Labute approximate surface area is 144 Å². The number of hydrogen-bond acceptors (Lipinski definition) is 3. The SMILES string of the molecule is CCCn1c(C)c(CC(=O)N[C@H](C)CO)c2c1CC(C)(C)CC2=O. The van der Waals surface area contributed by atoms with E-state index in [0.717, 1.165) is 41.9 Å². The van der Waals surface area contributed by atoms with Gasteiger partial charge in [-0.2, -0.15) is 0 Å². The maximum atomic E-state index is 12.8. The molecule has 1 aromatic heterocycles. The van der Waals surface area contributed by atoms with Crippen molar-refractivity contribution >= 4 is 11.7 Å². The van der Waals surface area contributed by atoms with Gasteiger partial charge in [-0.3, -0.25) is 9.59 Å². The van der Waals surface area contributed by atoms with Gasteiger partial charge in [0.2, 0.25) is 5.91 Å². The Morgan fingerprint density at radius 2 is 2.04 bits per heavy atom. The Morgan fingerprint density at radius 1 is 1.38 bits per heavy atom. The van der Waals surface area contributed by atoms with Gasteiger partial charge in [-0.05, 0) is 37.7 Å². The predicted molar refractivity (Wildman–Crippen MR) is 94.3 cm³/mol. The van der Waals surface area contributed by atoms with Gasteiger partial charge >= 0.3 is 0 Å². The Hall–Kier alpha value is -1.62. The van der Waals surface area contributed by atoms with Crippen molar-refractivity contribution in [3.8, 4) is 0 Å². The van der Waals surface area contributed by atoms with E-state index in [1.807, 2.05) is 6.92 Å². The predicted octanol–water partition coefficient (Wildman–Crippen LogP) is 2.40. The third kappa shape index (κ3) is 3.72. The number of Topliss-reactive ketones (excluding diaryl/α,β-unsaturated/α-hetero) is 1. The summed E-state index contributed by atoms with van der Waals surface area (Å²) < 4.78 is 2.23. The Bertz CT molecular complexity index is 644. The van der Waals surface area contributed by atoms with Gasteiger partial charge in [-0.1, -0.05) is 20.8 Å². The van der Waals surface area contributed by atoms with Crippen LogP contribution in [-0.2, 0) is 24.2 Å². The Morgan fingerprint density at radius 3 is 2.62 bits per heavy atom. The zero-order valence-electron chi connectivity index (χ0n) is 15.5. The van der Waals surface area contributed by atoms with Crippen LogP contribution in [0.15, 0.2) is 0 Å².